The van der Waals surface area contributed by atoms with Crippen LogP contribution in [0.2, 0.25) is 0 Å². The number of anilines is 1. The van der Waals surface area contributed by atoms with E-state index >= 15 is 0 Å². The van der Waals surface area contributed by atoms with E-state index in [-0.39, 0.29) is 11.9 Å². The van der Waals surface area contributed by atoms with E-state index in [1.807, 2.05) is 6.92 Å². The molecule has 2 aromatic heterocycles. The molecule has 1 aliphatic rings. The molecule has 3 rings (SSSR count). The SMILES string of the molecule is CCc1nc(C2CCCN2CC(=O)Nc2sc(C)c(C)c2C)no1. The lowest BCUT2D eigenvalue weighted by Gasteiger charge is -2.21. The smallest absolute Gasteiger partial charge is 0.239 e. The third-order valence-electron chi connectivity index (χ3n) is 4.73. The molecule has 24 heavy (non-hydrogen) atoms. The Hall–Kier alpha value is -1.73. The van der Waals surface area contributed by atoms with Crippen molar-refractivity contribution >= 4 is 22.2 Å². The van der Waals surface area contributed by atoms with Crippen molar-refractivity contribution in [1.82, 2.24) is 15.0 Å². The number of rotatable bonds is 5. The molecule has 0 bridgehead atoms. The molecule has 1 saturated heterocycles. The van der Waals surface area contributed by atoms with Gasteiger partial charge in [0.05, 0.1) is 17.6 Å². The Labute approximate surface area is 146 Å². The van der Waals surface area contributed by atoms with Gasteiger partial charge < -0.3 is 9.84 Å². The van der Waals surface area contributed by atoms with Crippen molar-refractivity contribution in [1.29, 1.82) is 0 Å². The molecule has 1 aliphatic heterocycles. The molecular weight excluding hydrogens is 324 g/mol. The van der Waals surface area contributed by atoms with Crippen LogP contribution < -0.4 is 5.32 Å². The van der Waals surface area contributed by atoms with Gasteiger partial charge in [0.2, 0.25) is 11.8 Å². The summed E-state index contributed by atoms with van der Waals surface area (Å²) in [4.78, 5) is 20.3. The van der Waals surface area contributed by atoms with Crippen molar-refractivity contribution < 1.29 is 9.32 Å². The summed E-state index contributed by atoms with van der Waals surface area (Å²) in [7, 11) is 0. The Morgan fingerprint density at radius 1 is 1.38 bits per heavy atom. The van der Waals surface area contributed by atoms with E-state index in [0.717, 1.165) is 36.4 Å². The molecule has 0 radical (unpaired) electrons. The number of hydrogen-bond acceptors (Lipinski definition) is 6. The summed E-state index contributed by atoms with van der Waals surface area (Å²) in [5.74, 6) is 1.38. The molecule has 7 heteroatoms. The lowest BCUT2D eigenvalue weighted by molar-refractivity contribution is -0.117. The van der Waals surface area contributed by atoms with E-state index in [9.17, 15) is 4.79 Å². The van der Waals surface area contributed by atoms with Crippen LogP contribution in [-0.2, 0) is 11.2 Å². The maximum Gasteiger partial charge on any atom is 0.239 e. The minimum Gasteiger partial charge on any atom is -0.339 e. The van der Waals surface area contributed by atoms with Gasteiger partial charge in [-0.25, -0.2) is 0 Å². The van der Waals surface area contributed by atoms with Crippen molar-refractivity contribution in [2.24, 2.45) is 0 Å². The van der Waals surface area contributed by atoms with Gasteiger partial charge in [-0.05, 0) is 51.3 Å². The van der Waals surface area contributed by atoms with Crippen LogP contribution in [0.1, 0.15) is 53.5 Å². The second-order valence-electron chi connectivity index (χ2n) is 6.31. The molecule has 1 amide bonds. The summed E-state index contributed by atoms with van der Waals surface area (Å²) in [5.41, 5.74) is 2.42. The predicted molar refractivity (Wildman–Crippen MR) is 94.4 cm³/mol. The zero-order valence-corrected chi connectivity index (χ0v) is 15.5. The Balaban J connectivity index is 1.65. The molecule has 130 valence electrons. The molecule has 0 aliphatic carbocycles. The average molecular weight is 348 g/mol. The van der Waals surface area contributed by atoms with Gasteiger partial charge in [0.1, 0.15) is 0 Å². The summed E-state index contributed by atoms with van der Waals surface area (Å²) in [5, 5.41) is 8.10. The van der Waals surface area contributed by atoms with Crippen LogP contribution in [0.25, 0.3) is 0 Å². The number of likely N-dealkylation sites (tertiary alicyclic amines) is 1. The summed E-state index contributed by atoms with van der Waals surface area (Å²) >= 11 is 1.64. The molecule has 0 spiro atoms. The fourth-order valence-electron chi connectivity index (χ4n) is 3.07. The summed E-state index contributed by atoms with van der Waals surface area (Å²) < 4.78 is 5.22. The molecule has 3 heterocycles. The first-order valence-electron chi connectivity index (χ1n) is 8.42. The molecular formula is C17H24N4O2S. The number of amides is 1. The lowest BCUT2D eigenvalue weighted by Crippen LogP contribution is -2.33. The third kappa shape index (κ3) is 3.37. The van der Waals surface area contributed by atoms with Crippen LogP contribution in [0.5, 0.6) is 0 Å². The lowest BCUT2D eigenvalue weighted by atomic mass is 10.2. The highest BCUT2D eigenvalue weighted by molar-refractivity contribution is 7.16. The van der Waals surface area contributed by atoms with Crippen molar-refractivity contribution in [3.63, 3.8) is 0 Å². The van der Waals surface area contributed by atoms with Gasteiger partial charge in [-0.1, -0.05) is 12.1 Å². The van der Waals surface area contributed by atoms with Crippen molar-refractivity contribution in [3.8, 4) is 0 Å². The van der Waals surface area contributed by atoms with Crippen LogP contribution in [0.4, 0.5) is 5.00 Å². The van der Waals surface area contributed by atoms with Gasteiger partial charge in [0.25, 0.3) is 0 Å². The second-order valence-corrected chi connectivity index (χ2v) is 7.54. The molecule has 1 atom stereocenters. The normalized spacial score (nSPS) is 18.2. The summed E-state index contributed by atoms with van der Waals surface area (Å²) in [6.45, 7) is 9.46. The molecule has 1 unspecified atom stereocenters. The highest BCUT2D eigenvalue weighted by atomic mass is 32.1. The van der Waals surface area contributed by atoms with E-state index in [1.165, 1.54) is 10.4 Å². The number of aryl methyl sites for hydroxylation is 2. The average Bonchev–Trinajstić information content (AvgIpc) is 3.25. The Morgan fingerprint density at radius 3 is 2.79 bits per heavy atom. The van der Waals surface area contributed by atoms with Gasteiger partial charge in [-0.3, -0.25) is 9.69 Å². The molecule has 1 N–H and O–H groups in total. The number of carbonyl (C=O) groups excluding carboxylic acids is 1. The highest BCUT2D eigenvalue weighted by Gasteiger charge is 2.31. The standard InChI is InChI=1S/C17H24N4O2S/c1-5-15-19-16(20-23-15)13-7-6-8-21(13)9-14(22)18-17-11(3)10(2)12(4)24-17/h13H,5-9H2,1-4H3,(H,18,22). The van der Waals surface area contributed by atoms with Gasteiger partial charge in [-0.15, -0.1) is 11.3 Å². The predicted octanol–water partition coefficient (Wildman–Crippen LogP) is 3.39. The fraction of sp³-hybridized carbons (Fsp3) is 0.588. The van der Waals surface area contributed by atoms with Gasteiger partial charge in [-0.2, -0.15) is 4.98 Å². The fourth-order valence-corrected chi connectivity index (χ4v) is 4.15. The first-order valence-corrected chi connectivity index (χ1v) is 9.24. The van der Waals surface area contributed by atoms with Crippen LogP contribution >= 0.6 is 11.3 Å². The maximum atomic E-state index is 12.5. The number of aromatic nitrogens is 2. The van der Waals surface area contributed by atoms with Gasteiger partial charge in [0.15, 0.2) is 5.82 Å². The first kappa shape index (κ1) is 17.1. The zero-order chi connectivity index (χ0) is 17.3. The zero-order valence-electron chi connectivity index (χ0n) is 14.7. The van der Waals surface area contributed by atoms with Crippen LogP contribution in [0.3, 0.4) is 0 Å². The van der Waals surface area contributed by atoms with Crippen LogP contribution in [-0.4, -0.2) is 34.0 Å². The van der Waals surface area contributed by atoms with Crippen LogP contribution in [0.15, 0.2) is 4.52 Å². The van der Waals surface area contributed by atoms with Crippen molar-refractivity contribution in [3.05, 3.63) is 27.7 Å². The van der Waals surface area contributed by atoms with E-state index < -0.39 is 0 Å². The summed E-state index contributed by atoms with van der Waals surface area (Å²) in [6, 6.07) is 0.0766. The van der Waals surface area contributed by atoms with Crippen molar-refractivity contribution in [2.75, 3.05) is 18.4 Å². The second kappa shape index (κ2) is 7.03. The first-order chi connectivity index (χ1) is 11.5. The quantitative estimate of drug-likeness (QED) is 0.897. The van der Waals surface area contributed by atoms with E-state index in [4.69, 9.17) is 4.52 Å². The topological polar surface area (TPSA) is 71.3 Å². The molecule has 1 fully saturated rings. The summed E-state index contributed by atoms with van der Waals surface area (Å²) in [6.07, 6.45) is 2.74. The maximum absolute atomic E-state index is 12.5. The van der Waals surface area contributed by atoms with E-state index in [0.29, 0.717) is 18.3 Å². The Bertz CT molecular complexity index is 737. The minimum atomic E-state index is 0.0189. The highest BCUT2D eigenvalue weighted by Crippen LogP contribution is 2.32. The molecule has 2 aromatic rings. The number of nitrogens with zero attached hydrogens (tertiary/aromatic N) is 3. The number of nitrogens with one attached hydrogen (secondary N) is 1. The number of carbonyl (C=O) groups is 1. The Morgan fingerprint density at radius 2 is 2.17 bits per heavy atom. The van der Waals surface area contributed by atoms with E-state index in [2.05, 4.69) is 41.1 Å². The minimum absolute atomic E-state index is 0.0189. The third-order valence-corrected chi connectivity index (χ3v) is 5.96. The number of thiophene rings is 1. The number of hydrogen-bond donors (Lipinski definition) is 1. The van der Waals surface area contributed by atoms with Crippen molar-refractivity contribution in [2.45, 2.75) is 53.0 Å². The Kier molecular flexibility index (Phi) is 5.01. The molecule has 0 saturated carbocycles. The molecule has 6 nitrogen and oxygen atoms in total. The molecule has 0 aromatic carbocycles. The largest absolute Gasteiger partial charge is 0.339 e. The van der Waals surface area contributed by atoms with Gasteiger partial charge in [0, 0.05) is 11.3 Å². The monoisotopic (exact) mass is 348 g/mol. The van der Waals surface area contributed by atoms with Gasteiger partial charge >= 0.3 is 0 Å². The van der Waals surface area contributed by atoms with Crippen LogP contribution in [0, 0.1) is 20.8 Å². The van der Waals surface area contributed by atoms with E-state index in [1.54, 1.807) is 11.3 Å².